The third-order valence-corrected chi connectivity index (χ3v) is 2.96. The molecule has 1 saturated heterocycles. The highest BCUT2D eigenvalue weighted by atomic mass is 16.5. The van der Waals surface area contributed by atoms with Crippen molar-refractivity contribution in [2.75, 3.05) is 20.2 Å². The van der Waals surface area contributed by atoms with Gasteiger partial charge in [0.05, 0.1) is 13.7 Å². The number of ketones is 1. The first-order valence-corrected chi connectivity index (χ1v) is 5.57. The van der Waals surface area contributed by atoms with Gasteiger partial charge < -0.3 is 9.64 Å². The summed E-state index contributed by atoms with van der Waals surface area (Å²) < 4.78 is 5.14. The van der Waals surface area contributed by atoms with E-state index in [2.05, 4.69) is 0 Å². The lowest BCUT2D eigenvalue weighted by Crippen LogP contribution is -2.28. The average Bonchev–Trinajstić information content (AvgIpc) is 2.75. The molecule has 2 rings (SSSR count). The van der Waals surface area contributed by atoms with Crippen molar-refractivity contribution in [3.63, 3.8) is 0 Å². The van der Waals surface area contributed by atoms with Gasteiger partial charge in [-0.3, -0.25) is 9.59 Å². The smallest absolute Gasteiger partial charge is 0.254 e. The van der Waals surface area contributed by atoms with E-state index in [1.807, 2.05) is 6.92 Å². The van der Waals surface area contributed by atoms with Crippen LogP contribution >= 0.6 is 0 Å². The molecule has 0 atom stereocenters. The number of carbonyl (C=O) groups excluding carboxylic acids is 2. The summed E-state index contributed by atoms with van der Waals surface area (Å²) in [5.41, 5.74) is 1.53. The largest absolute Gasteiger partial charge is 0.496 e. The number of ether oxygens (including phenoxy) is 1. The second-order valence-corrected chi connectivity index (χ2v) is 4.20. The molecule has 0 saturated carbocycles. The number of methoxy groups -OCH3 is 1. The highest BCUT2D eigenvalue weighted by Gasteiger charge is 2.24. The van der Waals surface area contributed by atoms with Crippen molar-refractivity contribution in [3.05, 3.63) is 29.3 Å². The number of benzene rings is 1. The number of Topliss-reactive ketones (excluding diaryl/α,β-unsaturated/α-hetero) is 1. The van der Waals surface area contributed by atoms with E-state index in [1.54, 1.807) is 30.2 Å². The third-order valence-electron chi connectivity index (χ3n) is 2.96. The molecule has 1 aliphatic rings. The Morgan fingerprint density at radius 1 is 1.41 bits per heavy atom. The molecule has 0 spiro atoms. The van der Waals surface area contributed by atoms with Gasteiger partial charge in [-0.15, -0.1) is 0 Å². The highest BCUT2D eigenvalue weighted by Crippen LogP contribution is 2.20. The first-order chi connectivity index (χ1) is 8.11. The molecule has 0 aromatic heterocycles. The zero-order valence-corrected chi connectivity index (χ0v) is 10.0. The van der Waals surface area contributed by atoms with E-state index in [-0.39, 0.29) is 18.2 Å². The second-order valence-electron chi connectivity index (χ2n) is 4.20. The maximum absolute atomic E-state index is 12.1. The summed E-state index contributed by atoms with van der Waals surface area (Å²) >= 11 is 0. The number of hydrogen-bond acceptors (Lipinski definition) is 3. The lowest BCUT2D eigenvalue weighted by atomic mass is 10.1. The molecule has 0 radical (unpaired) electrons. The standard InChI is InChI=1S/C13H15NO3/c1-9-7-10(3-4-12(9)17-2)13(16)14-6-5-11(15)8-14/h3-4,7H,5-6,8H2,1-2H3. The molecule has 0 N–H and O–H groups in total. The van der Waals surface area contributed by atoms with E-state index in [9.17, 15) is 9.59 Å². The molecule has 4 nitrogen and oxygen atoms in total. The second kappa shape index (κ2) is 4.57. The van der Waals surface area contributed by atoms with Crippen molar-refractivity contribution in [1.82, 2.24) is 4.90 Å². The molecular formula is C13H15NO3. The third kappa shape index (κ3) is 2.30. The van der Waals surface area contributed by atoms with E-state index in [4.69, 9.17) is 4.74 Å². The van der Waals surface area contributed by atoms with Crippen LogP contribution in [-0.4, -0.2) is 36.8 Å². The van der Waals surface area contributed by atoms with E-state index in [0.29, 0.717) is 18.5 Å². The van der Waals surface area contributed by atoms with Crippen LogP contribution in [0.4, 0.5) is 0 Å². The number of rotatable bonds is 2. The molecule has 1 heterocycles. The van der Waals surface area contributed by atoms with Crippen molar-refractivity contribution in [2.45, 2.75) is 13.3 Å². The SMILES string of the molecule is COc1ccc(C(=O)N2CCC(=O)C2)cc1C. The minimum Gasteiger partial charge on any atom is -0.496 e. The molecule has 1 aromatic carbocycles. The van der Waals surface area contributed by atoms with Gasteiger partial charge in [0, 0.05) is 18.5 Å². The van der Waals surface area contributed by atoms with Crippen LogP contribution in [-0.2, 0) is 4.79 Å². The summed E-state index contributed by atoms with van der Waals surface area (Å²) in [7, 11) is 1.60. The number of hydrogen-bond donors (Lipinski definition) is 0. The van der Waals surface area contributed by atoms with Crippen LogP contribution in [0.15, 0.2) is 18.2 Å². The van der Waals surface area contributed by atoms with Crippen molar-refractivity contribution in [2.24, 2.45) is 0 Å². The van der Waals surface area contributed by atoms with Crippen molar-refractivity contribution >= 4 is 11.7 Å². The molecule has 4 heteroatoms. The monoisotopic (exact) mass is 233 g/mol. The van der Waals surface area contributed by atoms with E-state index in [0.717, 1.165) is 11.3 Å². The zero-order valence-electron chi connectivity index (χ0n) is 10.0. The fourth-order valence-electron chi connectivity index (χ4n) is 2.00. The van der Waals surface area contributed by atoms with Gasteiger partial charge >= 0.3 is 0 Å². The maximum atomic E-state index is 12.1. The predicted molar refractivity (Wildman–Crippen MR) is 63.3 cm³/mol. The molecule has 1 amide bonds. The van der Waals surface area contributed by atoms with E-state index in [1.165, 1.54) is 0 Å². The Bertz CT molecular complexity index is 468. The fourth-order valence-corrected chi connectivity index (χ4v) is 2.00. The molecule has 17 heavy (non-hydrogen) atoms. The van der Waals surface area contributed by atoms with Crippen LogP contribution in [0.2, 0.25) is 0 Å². The topological polar surface area (TPSA) is 46.6 Å². The summed E-state index contributed by atoms with van der Waals surface area (Å²) in [5, 5.41) is 0. The summed E-state index contributed by atoms with van der Waals surface area (Å²) in [5.74, 6) is 0.809. The predicted octanol–water partition coefficient (Wildman–Crippen LogP) is 1.42. The van der Waals surface area contributed by atoms with Crippen LogP contribution in [0.1, 0.15) is 22.3 Å². The van der Waals surface area contributed by atoms with Gasteiger partial charge in [0.15, 0.2) is 5.78 Å². The molecule has 1 aromatic rings. The van der Waals surface area contributed by atoms with Gasteiger partial charge in [0.2, 0.25) is 0 Å². The van der Waals surface area contributed by atoms with Gasteiger partial charge in [-0.05, 0) is 30.7 Å². The molecule has 0 aliphatic carbocycles. The normalized spacial score (nSPS) is 15.2. The number of likely N-dealkylation sites (tertiary alicyclic amines) is 1. The van der Waals surface area contributed by atoms with Crippen molar-refractivity contribution < 1.29 is 14.3 Å². The molecule has 1 fully saturated rings. The van der Waals surface area contributed by atoms with Gasteiger partial charge in [0.25, 0.3) is 5.91 Å². The first-order valence-electron chi connectivity index (χ1n) is 5.57. The molecular weight excluding hydrogens is 218 g/mol. The zero-order chi connectivity index (χ0) is 12.4. The first kappa shape index (κ1) is 11.6. The summed E-state index contributed by atoms with van der Waals surface area (Å²) in [4.78, 5) is 24.8. The van der Waals surface area contributed by atoms with Gasteiger partial charge in [0.1, 0.15) is 5.75 Å². The van der Waals surface area contributed by atoms with Gasteiger partial charge in [-0.25, -0.2) is 0 Å². The van der Waals surface area contributed by atoms with Crippen LogP contribution in [0.5, 0.6) is 5.75 Å². The molecule has 90 valence electrons. The highest BCUT2D eigenvalue weighted by molar-refractivity contribution is 5.98. The lowest BCUT2D eigenvalue weighted by molar-refractivity contribution is -0.116. The van der Waals surface area contributed by atoms with Crippen molar-refractivity contribution in [3.8, 4) is 5.75 Å². The quantitative estimate of drug-likeness (QED) is 0.776. The van der Waals surface area contributed by atoms with E-state index >= 15 is 0 Å². The number of carbonyl (C=O) groups is 2. The Kier molecular flexibility index (Phi) is 3.13. The summed E-state index contributed by atoms with van der Waals surface area (Å²) in [6, 6.07) is 5.31. The Morgan fingerprint density at radius 2 is 2.18 bits per heavy atom. The Hall–Kier alpha value is -1.84. The van der Waals surface area contributed by atoms with Crippen LogP contribution in [0.3, 0.4) is 0 Å². The lowest BCUT2D eigenvalue weighted by Gasteiger charge is -2.15. The van der Waals surface area contributed by atoms with Crippen LogP contribution < -0.4 is 4.74 Å². The number of nitrogens with zero attached hydrogens (tertiary/aromatic N) is 1. The summed E-state index contributed by atoms with van der Waals surface area (Å²) in [6.07, 6.45) is 0.473. The maximum Gasteiger partial charge on any atom is 0.254 e. The average molecular weight is 233 g/mol. The van der Waals surface area contributed by atoms with Crippen LogP contribution in [0.25, 0.3) is 0 Å². The Labute approximate surface area is 100 Å². The Balaban J connectivity index is 2.20. The van der Waals surface area contributed by atoms with Gasteiger partial charge in [-0.1, -0.05) is 0 Å². The van der Waals surface area contributed by atoms with Crippen molar-refractivity contribution in [1.29, 1.82) is 0 Å². The minimum absolute atomic E-state index is 0.0818. The fraction of sp³-hybridized carbons (Fsp3) is 0.385. The number of aryl methyl sites for hydroxylation is 1. The minimum atomic E-state index is -0.0818. The van der Waals surface area contributed by atoms with Crippen LogP contribution in [0, 0.1) is 6.92 Å². The van der Waals surface area contributed by atoms with Gasteiger partial charge in [-0.2, -0.15) is 0 Å². The molecule has 0 bridgehead atoms. The molecule has 0 unspecified atom stereocenters. The number of amides is 1. The van der Waals surface area contributed by atoms with E-state index < -0.39 is 0 Å². The summed E-state index contributed by atoms with van der Waals surface area (Å²) in [6.45, 7) is 2.66. The molecule has 1 aliphatic heterocycles. The Morgan fingerprint density at radius 3 is 2.71 bits per heavy atom.